The van der Waals surface area contributed by atoms with E-state index in [1.54, 1.807) is 30.3 Å². The molecule has 0 aliphatic carbocycles. The standard InChI is InChI=1S/C10H9F3N2O2/c11-9(12,13)6-10(16)14-8(15-17-10)7-4-2-1-3-5-7/h1-5,16H,6H2,(H,14,15). The second-order valence-electron chi connectivity index (χ2n) is 3.57. The minimum atomic E-state index is -4.56. The van der Waals surface area contributed by atoms with Crippen molar-refractivity contribution in [1.29, 1.82) is 0 Å². The molecule has 0 bridgehead atoms. The van der Waals surface area contributed by atoms with Crippen LogP contribution in [0, 0.1) is 0 Å². The molecule has 4 nitrogen and oxygen atoms in total. The molecule has 1 aromatic rings. The van der Waals surface area contributed by atoms with Gasteiger partial charge in [0.05, 0.1) is 0 Å². The summed E-state index contributed by atoms with van der Waals surface area (Å²) in [5, 5.41) is 9.47. The average Bonchev–Trinajstić information content (AvgIpc) is 2.59. The lowest BCUT2D eigenvalue weighted by atomic mass is 10.2. The normalized spacial score (nSPS) is 24.4. The van der Waals surface area contributed by atoms with Crippen LogP contribution < -0.4 is 5.48 Å². The van der Waals surface area contributed by atoms with Crippen molar-refractivity contribution in [3.05, 3.63) is 35.9 Å². The SMILES string of the molecule is OC1(CC(F)(F)F)N=C(c2ccccc2)NO1. The Labute approximate surface area is 94.7 Å². The van der Waals surface area contributed by atoms with Crippen LogP contribution in [0.1, 0.15) is 12.0 Å². The first-order chi connectivity index (χ1) is 7.88. The number of amidine groups is 1. The van der Waals surface area contributed by atoms with Gasteiger partial charge < -0.3 is 5.11 Å². The van der Waals surface area contributed by atoms with Gasteiger partial charge in [-0.15, -0.1) is 0 Å². The van der Waals surface area contributed by atoms with E-state index in [1.165, 1.54) is 0 Å². The average molecular weight is 246 g/mol. The number of hydrogen-bond acceptors (Lipinski definition) is 4. The summed E-state index contributed by atoms with van der Waals surface area (Å²) in [4.78, 5) is 7.96. The second-order valence-corrected chi connectivity index (χ2v) is 3.57. The van der Waals surface area contributed by atoms with Crippen LogP contribution in [-0.2, 0) is 4.84 Å². The number of aliphatic hydroxyl groups is 1. The molecule has 0 saturated heterocycles. The van der Waals surface area contributed by atoms with E-state index in [-0.39, 0.29) is 5.84 Å². The van der Waals surface area contributed by atoms with E-state index in [2.05, 4.69) is 15.3 Å². The molecule has 0 amide bonds. The van der Waals surface area contributed by atoms with Crippen molar-refractivity contribution in [3.8, 4) is 0 Å². The fourth-order valence-electron chi connectivity index (χ4n) is 1.41. The van der Waals surface area contributed by atoms with E-state index >= 15 is 0 Å². The van der Waals surface area contributed by atoms with E-state index in [1.807, 2.05) is 0 Å². The third-order valence-corrected chi connectivity index (χ3v) is 2.08. The summed E-state index contributed by atoms with van der Waals surface area (Å²) >= 11 is 0. The summed E-state index contributed by atoms with van der Waals surface area (Å²) in [6, 6.07) is 8.41. The van der Waals surface area contributed by atoms with Gasteiger partial charge in [-0.2, -0.15) is 13.2 Å². The van der Waals surface area contributed by atoms with Crippen molar-refractivity contribution in [2.45, 2.75) is 18.5 Å². The number of aliphatic imine (C=N–C) groups is 1. The zero-order chi connectivity index (χ0) is 12.5. The van der Waals surface area contributed by atoms with Crippen LogP contribution in [-0.4, -0.2) is 23.0 Å². The molecule has 0 spiro atoms. The number of hydroxylamine groups is 1. The molecular formula is C10H9F3N2O2. The fourth-order valence-corrected chi connectivity index (χ4v) is 1.41. The predicted octanol–water partition coefficient (Wildman–Crippen LogP) is 1.57. The van der Waals surface area contributed by atoms with E-state index < -0.39 is 18.5 Å². The Morgan fingerprint density at radius 1 is 1.29 bits per heavy atom. The monoisotopic (exact) mass is 246 g/mol. The number of hydrogen-bond donors (Lipinski definition) is 2. The third-order valence-electron chi connectivity index (χ3n) is 2.08. The molecule has 1 aromatic carbocycles. The maximum atomic E-state index is 12.1. The Balaban J connectivity index is 2.19. The highest BCUT2D eigenvalue weighted by atomic mass is 19.4. The van der Waals surface area contributed by atoms with Crippen molar-refractivity contribution in [2.24, 2.45) is 4.99 Å². The number of halogens is 3. The second kappa shape index (κ2) is 4.01. The minimum absolute atomic E-state index is 0.0670. The van der Waals surface area contributed by atoms with Crippen LogP contribution in [0.3, 0.4) is 0 Å². The Morgan fingerprint density at radius 2 is 1.94 bits per heavy atom. The van der Waals surface area contributed by atoms with Gasteiger partial charge in [0.25, 0.3) is 5.91 Å². The van der Waals surface area contributed by atoms with Crippen molar-refractivity contribution in [3.63, 3.8) is 0 Å². The summed E-state index contributed by atoms with van der Waals surface area (Å²) in [6.45, 7) is 0. The van der Waals surface area contributed by atoms with Gasteiger partial charge in [0.15, 0.2) is 5.84 Å². The third kappa shape index (κ3) is 2.95. The molecule has 1 aliphatic rings. The Bertz CT molecular complexity index is 433. The molecule has 92 valence electrons. The lowest BCUT2D eigenvalue weighted by Gasteiger charge is -2.17. The maximum Gasteiger partial charge on any atom is 0.396 e. The lowest BCUT2D eigenvalue weighted by Crippen LogP contribution is -2.35. The van der Waals surface area contributed by atoms with Gasteiger partial charge in [0.2, 0.25) is 0 Å². The highest BCUT2D eigenvalue weighted by Crippen LogP contribution is 2.31. The minimum Gasteiger partial charge on any atom is -0.346 e. The molecule has 2 rings (SSSR count). The van der Waals surface area contributed by atoms with Crippen molar-refractivity contribution in [1.82, 2.24) is 5.48 Å². The number of alkyl halides is 3. The summed E-state index contributed by atoms with van der Waals surface area (Å²) in [5.74, 6) is -2.53. The number of rotatable bonds is 2. The first-order valence-electron chi connectivity index (χ1n) is 4.76. The van der Waals surface area contributed by atoms with E-state index in [0.29, 0.717) is 5.56 Å². The zero-order valence-corrected chi connectivity index (χ0v) is 8.53. The molecule has 0 aromatic heterocycles. The van der Waals surface area contributed by atoms with Gasteiger partial charge in [-0.05, 0) is 0 Å². The molecule has 1 unspecified atom stereocenters. The molecule has 7 heteroatoms. The first-order valence-corrected chi connectivity index (χ1v) is 4.76. The smallest absolute Gasteiger partial charge is 0.346 e. The highest BCUT2D eigenvalue weighted by molar-refractivity contribution is 5.98. The summed E-state index contributed by atoms with van der Waals surface area (Å²) in [5.41, 5.74) is 2.72. The van der Waals surface area contributed by atoms with Gasteiger partial charge in [-0.3, -0.25) is 0 Å². The molecule has 0 saturated carbocycles. The first kappa shape index (κ1) is 11.9. The van der Waals surface area contributed by atoms with Crippen molar-refractivity contribution >= 4 is 5.84 Å². The van der Waals surface area contributed by atoms with Crippen molar-refractivity contribution < 1.29 is 23.1 Å². The Kier molecular flexibility index (Phi) is 2.80. The van der Waals surface area contributed by atoms with E-state index in [9.17, 15) is 18.3 Å². The van der Waals surface area contributed by atoms with Crippen LogP contribution >= 0.6 is 0 Å². The van der Waals surface area contributed by atoms with Gasteiger partial charge in [-0.1, -0.05) is 30.3 Å². The molecule has 0 fully saturated rings. The molecule has 1 aliphatic heterocycles. The van der Waals surface area contributed by atoms with Gasteiger partial charge in [-0.25, -0.2) is 15.3 Å². The maximum absolute atomic E-state index is 12.1. The fraction of sp³-hybridized carbons (Fsp3) is 0.300. The van der Waals surface area contributed by atoms with Gasteiger partial charge in [0.1, 0.15) is 6.42 Å². The van der Waals surface area contributed by atoms with Crippen LogP contribution in [0.2, 0.25) is 0 Å². The van der Waals surface area contributed by atoms with E-state index in [4.69, 9.17) is 0 Å². The highest BCUT2D eigenvalue weighted by Gasteiger charge is 2.46. The summed E-state index contributed by atoms with van der Waals surface area (Å²) in [7, 11) is 0. The van der Waals surface area contributed by atoms with Crippen LogP contribution in [0.25, 0.3) is 0 Å². The van der Waals surface area contributed by atoms with Gasteiger partial charge in [0, 0.05) is 5.56 Å². The Hall–Kier alpha value is -1.60. The molecule has 2 N–H and O–H groups in total. The van der Waals surface area contributed by atoms with E-state index in [0.717, 1.165) is 0 Å². The quantitative estimate of drug-likeness (QED) is 0.832. The largest absolute Gasteiger partial charge is 0.396 e. The molecular weight excluding hydrogens is 237 g/mol. The molecule has 1 heterocycles. The van der Waals surface area contributed by atoms with Crippen LogP contribution in [0.4, 0.5) is 13.2 Å². The molecule has 17 heavy (non-hydrogen) atoms. The van der Waals surface area contributed by atoms with Crippen molar-refractivity contribution in [2.75, 3.05) is 0 Å². The number of benzene rings is 1. The summed E-state index contributed by atoms with van der Waals surface area (Å²) in [6.07, 6.45) is -6.13. The topological polar surface area (TPSA) is 53.9 Å². The molecule has 1 atom stereocenters. The lowest BCUT2D eigenvalue weighted by molar-refractivity contribution is -0.266. The van der Waals surface area contributed by atoms with Gasteiger partial charge >= 0.3 is 6.18 Å². The van der Waals surface area contributed by atoms with Crippen LogP contribution in [0.15, 0.2) is 35.3 Å². The van der Waals surface area contributed by atoms with Crippen LogP contribution in [0.5, 0.6) is 0 Å². The molecule has 0 radical (unpaired) electrons. The summed E-state index contributed by atoms with van der Waals surface area (Å²) < 4.78 is 36.4. The Morgan fingerprint density at radius 3 is 2.53 bits per heavy atom. The number of nitrogens with zero attached hydrogens (tertiary/aromatic N) is 1. The predicted molar refractivity (Wildman–Crippen MR) is 52.8 cm³/mol. The number of nitrogens with one attached hydrogen (secondary N) is 1. The zero-order valence-electron chi connectivity index (χ0n) is 8.53.